The third kappa shape index (κ3) is 3.19. The minimum absolute atomic E-state index is 0.233. The molecule has 0 unspecified atom stereocenters. The molecular formula is C13H19FN2O. The largest absolute Gasteiger partial charge is 0.385 e. The van der Waals surface area contributed by atoms with Crippen LogP contribution in [0.3, 0.4) is 0 Å². The van der Waals surface area contributed by atoms with Gasteiger partial charge in [-0.05, 0) is 32.4 Å². The number of halogens is 1. The molecule has 4 heteroatoms. The van der Waals surface area contributed by atoms with Gasteiger partial charge in [-0.3, -0.25) is 4.79 Å². The third-order valence-corrected chi connectivity index (χ3v) is 2.84. The first-order chi connectivity index (χ1) is 7.91. The number of nitrogens with one attached hydrogen (secondary N) is 2. The minimum atomic E-state index is -0.422. The molecule has 0 saturated heterocycles. The molecule has 0 aliphatic heterocycles. The molecular weight excluding hydrogens is 219 g/mol. The highest BCUT2D eigenvalue weighted by Crippen LogP contribution is 2.20. The summed E-state index contributed by atoms with van der Waals surface area (Å²) >= 11 is 0. The maximum Gasteiger partial charge on any atom is 0.253 e. The van der Waals surface area contributed by atoms with E-state index in [1.165, 1.54) is 12.1 Å². The van der Waals surface area contributed by atoms with Gasteiger partial charge in [-0.25, -0.2) is 4.39 Å². The van der Waals surface area contributed by atoms with Gasteiger partial charge in [0, 0.05) is 12.6 Å². The topological polar surface area (TPSA) is 41.1 Å². The molecule has 0 atom stereocenters. The second kappa shape index (κ2) is 5.17. The van der Waals surface area contributed by atoms with Crippen LogP contribution < -0.4 is 10.6 Å². The van der Waals surface area contributed by atoms with Crippen molar-refractivity contribution in [3.63, 3.8) is 0 Å². The fraction of sp³-hybridized carbons (Fsp3) is 0.462. The van der Waals surface area contributed by atoms with E-state index in [4.69, 9.17) is 0 Å². The number of carbonyl (C=O) groups is 1. The van der Waals surface area contributed by atoms with Crippen molar-refractivity contribution in [1.82, 2.24) is 5.32 Å². The lowest BCUT2D eigenvalue weighted by Crippen LogP contribution is -2.43. The van der Waals surface area contributed by atoms with Crippen molar-refractivity contribution in [2.45, 2.75) is 32.7 Å². The van der Waals surface area contributed by atoms with E-state index in [2.05, 4.69) is 10.6 Å². The van der Waals surface area contributed by atoms with Crippen LogP contribution >= 0.6 is 0 Å². The van der Waals surface area contributed by atoms with Crippen LogP contribution in [0.2, 0.25) is 0 Å². The smallest absolute Gasteiger partial charge is 0.253 e. The Balaban J connectivity index is 3.01. The monoisotopic (exact) mass is 238 g/mol. The number of para-hydroxylation sites is 1. The van der Waals surface area contributed by atoms with E-state index in [0.717, 1.165) is 6.42 Å². The van der Waals surface area contributed by atoms with Crippen LogP contribution in [0.4, 0.5) is 10.1 Å². The Morgan fingerprint density at radius 1 is 1.41 bits per heavy atom. The zero-order valence-electron chi connectivity index (χ0n) is 10.7. The summed E-state index contributed by atoms with van der Waals surface area (Å²) in [5, 5.41) is 5.59. The first-order valence-electron chi connectivity index (χ1n) is 5.70. The first-order valence-corrected chi connectivity index (χ1v) is 5.70. The van der Waals surface area contributed by atoms with Crippen molar-refractivity contribution in [2.24, 2.45) is 0 Å². The predicted octanol–water partition coefficient (Wildman–Crippen LogP) is 2.79. The third-order valence-electron chi connectivity index (χ3n) is 2.84. The summed E-state index contributed by atoms with van der Waals surface area (Å²) < 4.78 is 13.5. The van der Waals surface area contributed by atoms with E-state index in [-0.39, 0.29) is 17.1 Å². The van der Waals surface area contributed by atoms with Crippen LogP contribution in [0.25, 0.3) is 0 Å². The highest BCUT2D eigenvalue weighted by Gasteiger charge is 2.21. The first kappa shape index (κ1) is 13.5. The molecule has 0 heterocycles. The van der Waals surface area contributed by atoms with E-state index in [1.54, 1.807) is 13.1 Å². The normalized spacial score (nSPS) is 11.1. The number of amides is 1. The molecule has 1 amide bonds. The number of anilines is 1. The van der Waals surface area contributed by atoms with E-state index in [9.17, 15) is 9.18 Å². The Kier molecular flexibility index (Phi) is 4.10. The number of rotatable bonds is 4. The number of carbonyl (C=O) groups excluding carboxylic acids is 1. The van der Waals surface area contributed by atoms with Crippen molar-refractivity contribution in [3.05, 3.63) is 29.6 Å². The number of hydrogen-bond acceptors (Lipinski definition) is 2. The Labute approximate surface area is 101 Å². The van der Waals surface area contributed by atoms with Crippen molar-refractivity contribution in [3.8, 4) is 0 Å². The van der Waals surface area contributed by atoms with Gasteiger partial charge in [0.05, 0.1) is 11.3 Å². The predicted molar refractivity (Wildman–Crippen MR) is 67.8 cm³/mol. The molecule has 0 aromatic heterocycles. The molecule has 2 N–H and O–H groups in total. The quantitative estimate of drug-likeness (QED) is 0.846. The highest BCUT2D eigenvalue weighted by molar-refractivity contribution is 6.00. The second-order valence-electron chi connectivity index (χ2n) is 4.60. The van der Waals surface area contributed by atoms with Crippen molar-refractivity contribution >= 4 is 11.6 Å². The Morgan fingerprint density at radius 2 is 2.06 bits per heavy atom. The van der Waals surface area contributed by atoms with Gasteiger partial charge < -0.3 is 10.6 Å². The highest BCUT2D eigenvalue weighted by atomic mass is 19.1. The zero-order chi connectivity index (χ0) is 13.1. The van der Waals surface area contributed by atoms with Gasteiger partial charge in [-0.1, -0.05) is 13.0 Å². The van der Waals surface area contributed by atoms with E-state index < -0.39 is 5.82 Å². The average Bonchev–Trinajstić information content (AvgIpc) is 2.28. The summed E-state index contributed by atoms with van der Waals surface area (Å²) in [6.07, 6.45) is 0.808. The Bertz CT molecular complexity index is 416. The van der Waals surface area contributed by atoms with Crippen LogP contribution in [0.1, 0.15) is 37.6 Å². The van der Waals surface area contributed by atoms with Gasteiger partial charge in [0.15, 0.2) is 0 Å². The van der Waals surface area contributed by atoms with Gasteiger partial charge in [0.25, 0.3) is 5.91 Å². The maximum absolute atomic E-state index is 13.5. The van der Waals surface area contributed by atoms with E-state index in [1.807, 2.05) is 20.8 Å². The number of benzene rings is 1. The van der Waals surface area contributed by atoms with Crippen LogP contribution in [0.5, 0.6) is 0 Å². The summed E-state index contributed by atoms with van der Waals surface area (Å²) in [6, 6.07) is 4.47. The molecule has 0 spiro atoms. The standard InChI is InChI=1S/C13H19FN2O/c1-5-13(2,3)16-12(17)9-7-6-8-10(14)11(9)15-4/h6-8,15H,5H2,1-4H3,(H,16,17). The summed E-state index contributed by atoms with van der Waals surface area (Å²) in [7, 11) is 1.60. The fourth-order valence-corrected chi connectivity index (χ4v) is 1.43. The van der Waals surface area contributed by atoms with Crippen molar-refractivity contribution in [1.29, 1.82) is 0 Å². The SMILES string of the molecule is CCC(C)(C)NC(=O)c1cccc(F)c1NC. The van der Waals surface area contributed by atoms with Gasteiger partial charge in [-0.15, -0.1) is 0 Å². The lowest BCUT2D eigenvalue weighted by molar-refractivity contribution is 0.0911. The molecule has 0 bridgehead atoms. The van der Waals surface area contributed by atoms with Crippen LogP contribution in [0, 0.1) is 5.82 Å². The molecule has 0 fully saturated rings. The lowest BCUT2D eigenvalue weighted by Gasteiger charge is -2.25. The number of hydrogen-bond donors (Lipinski definition) is 2. The van der Waals surface area contributed by atoms with Gasteiger partial charge in [-0.2, -0.15) is 0 Å². The van der Waals surface area contributed by atoms with Crippen LogP contribution in [-0.2, 0) is 0 Å². The molecule has 0 aliphatic carbocycles. The van der Waals surface area contributed by atoms with Crippen molar-refractivity contribution in [2.75, 3.05) is 12.4 Å². The average molecular weight is 238 g/mol. The molecule has 0 aliphatic rings. The minimum Gasteiger partial charge on any atom is -0.385 e. The molecule has 1 rings (SSSR count). The molecule has 1 aromatic carbocycles. The summed E-state index contributed by atoms with van der Waals surface area (Å²) in [5.74, 6) is -0.685. The zero-order valence-corrected chi connectivity index (χ0v) is 10.7. The second-order valence-corrected chi connectivity index (χ2v) is 4.60. The Morgan fingerprint density at radius 3 is 2.59 bits per heavy atom. The molecule has 1 aromatic rings. The van der Waals surface area contributed by atoms with E-state index >= 15 is 0 Å². The van der Waals surface area contributed by atoms with Crippen molar-refractivity contribution < 1.29 is 9.18 Å². The van der Waals surface area contributed by atoms with Crippen LogP contribution in [-0.4, -0.2) is 18.5 Å². The lowest BCUT2D eigenvalue weighted by atomic mass is 10.0. The Hall–Kier alpha value is -1.58. The summed E-state index contributed by atoms with van der Waals surface area (Å²) in [6.45, 7) is 5.86. The summed E-state index contributed by atoms with van der Waals surface area (Å²) in [5.41, 5.74) is 0.264. The van der Waals surface area contributed by atoms with Gasteiger partial charge in [0.1, 0.15) is 5.82 Å². The molecule has 0 radical (unpaired) electrons. The van der Waals surface area contributed by atoms with Crippen LogP contribution in [0.15, 0.2) is 18.2 Å². The van der Waals surface area contributed by atoms with E-state index in [0.29, 0.717) is 5.56 Å². The molecule has 94 valence electrons. The molecule has 17 heavy (non-hydrogen) atoms. The molecule has 3 nitrogen and oxygen atoms in total. The maximum atomic E-state index is 13.5. The molecule has 0 saturated carbocycles. The fourth-order valence-electron chi connectivity index (χ4n) is 1.43. The summed E-state index contributed by atoms with van der Waals surface area (Å²) in [4.78, 5) is 12.0. The van der Waals surface area contributed by atoms with Gasteiger partial charge >= 0.3 is 0 Å². The van der Waals surface area contributed by atoms with Gasteiger partial charge in [0.2, 0.25) is 0 Å².